The largest absolute Gasteiger partial charge is 0.454 e. The van der Waals surface area contributed by atoms with Gasteiger partial charge in [-0.1, -0.05) is 0 Å². The molecule has 0 saturated carbocycles. The number of halogens is 3. The van der Waals surface area contributed by atoms with Crippen LogP contribution in [0.2, 0.25) is 0 Å². The third kappa shape index (κ3) is 5.77. The lowest BCUT2D eigenvalue weighted by Gasteiger charge is -2.15. The van der Waals surface area contributed by atoms with E-state index in [1.54, 1.807) is 6.92 Å². The molecule has 3 N–H and O–H groups in total. The second-order valence-corrected chi connectivity index (χ2v) is 8.01. The average Bonchev–Trinajstić information content (AvgIpc) is 2.88. The summed E-state index contributed by atoms with van der Waals surface area (Å²) in [4.78, 5) is 30.5. The number of ether oxygens (including phenoxy) is 1. The van der Waals surface area contributed by atoms with Crippen molar-refractivity contribution in [2.24, 2.45) is 0 Å². The molecule has 0 aliphatic heterocycles. The van der Waals surface area contributed by atoms with Crippen molar-refractivity contribution in [1.82, 2.24) is 9.55 Å². The summed E-state index contributed by atoms with van der Waals surface area (Å²) in [5, 5.41) is 8.17. The molecule has 0 bridgehead atoms. The second-order valence-electron chi connectivity index (χ2n) is 8.01. The highest BCUT2D eigenvalue weighted by atomic mass is 19.1. The van der Waals surface area contributed by atoms with Gasteiger partial charge in [0.05, 0.1) is 11.4 Å². The highest BCUT2D eigenvalue weighted by Crippen LogP contribution is 2.30. The predicted molar refractivity (Wildman–Crippen MR) is 139 cm³/mol. The quantitative estimate of drug-likeness (QED) is 0.266. The summed E-state index contributed by atoms with van der Waals surface area (Å²) in [6.45, 7) is 4.65. The van der Waals surface area contributed by atoms with Crippen LogP contribution >= 0.6 is 0 Å². The highest BCUT2D eigenvalue weighted by molar-refractivity contribution is 6.07. The Labute approximate surface area is 216 Å². The molecule has 1 amide bonds. The van der Waals surface area contributed by atoms with Crippen LogP contribution in [0.4, 0.5) is 30.4 Å². The number of amides is 1. The molecule has 8 nitrogen and oxygen atoms in total. The fraction of sp³-hybridized carbons (Fsp3) is 0.148. The maximum absolute atomic E-state index is 14.9. The average molecular weight is 524 g/mol. The zero-order valence-electron chi connectivity index (χ0n) is 20.5. The number of hydrogen-bond acceptors (Lipinski definition) is 6. The smallest absolute Gasteiger partial charge is 0.270 e. The van der Waals surface area contributed by atoms with Crippen LogP contribution in [0.1, 0.15) is 24.2 Å². The summed E-state index contributed by atoms with van der Waals surface area (Å²) in [5.74, 6) is -3.04. The van der Waals surface area contributed by atoms with Crippen LogP contribution in [0.3, 0.4) is 0 Å². The zero-order valence-corrected chi connectivity index (χ0v) is 20.5. The van der Waals surface area contributed by atoms with Gasteiger partial charge in [-0.25, -0.2) is 18.2 Å². The minimum atomic E-state index is -0.976. The number of anilines is 3. The van der Waals surface area contributed by atoms with Crippen molar-refractivity contribution in [3.8, 4) is 17.2 Å². The standard InChI is InChI=1S/C27H24F3N5O3/c1-3-31-21-10-12-35(17-7-5-16(28)6-8-17)27(37)25(21)26(36)34-22-14-20(30)23(15-19(22)29)38-18-9-11-33-24(13-18)32-4-2/h5-15,31H,3-4H2,1-2H3,(H,32,33)(H,34,36). The first-order valence-corrected chi connectivity index (χ1v) is 11.7. The van der Waals surface area contributed by atoms with Crippen LogP contribution in [0.25, 0.3) is 5.69 Å². The minimum Gasteiger partial charge on any atom is -0.454 e. The maximum atomic E-state index is 14.9. The lowest BCUT2D eigenvalue weighted by molar-refractivity contribution is 0.102. The van der Waals surface area contributed by atoms with E-state index in [9.17, 15) is 22.8 Å². The van der Waals surface area contributed by atoms with Gasteiger partial charge in [-0.2, -0.15) is 0 Å². The van der Waals surface area contributed by atoms with Gasteiger partial charge in [0, 0.05) is 49.4 Å². The number of pyridine rings is 2. The van der Waals surface area contributed by atoms with Crippen LogP contribution in [-0.4, -0.2) is 28.5 Å². The molecule has 4 aromatic rings. The van der Waals surface area contributed by atoms with Crippen molar-refractivity contribution in [1.29, 1.82) is 0 Å². The van der Waals surface area contributed by atoms with Crippen molar-refractivity contribution >= 4 is 23.1 Å². The van der Waals surface area contributed by atoms with Gasteiger partial charge in [-0.05, 0) is 50.2 Å². The Morgan fingerprint density at radius 2 is 1.66 bits per heavy atom. The number of nitrogens with zero attached hydrogens (tertiary/aromatic N) is 2. The first kappa shape index (κ1) is 26.3. The summed E-state index contributed by atoms with van der Waals surface area (Å²) in [6, 6.07) is 11.2. The van der Waals surface area contributed by atoms with Crippen molar-refractivity contribution < 1.29 is 22.7 Å². The molecular weight excluding hydrogens is 499 g/mol. The Morgan fingerprint density at radius 1 is 0.921 bits per heavy atom. The molecule has 0 aliphatic carbocycles. The Kier molecular flexibility index (Phi) is 7.95. The van der Waals surface area contributed by atoms with E-state index in [1.807, 2.05) is 6.92 Å². The van der Waals surface area contributed by atoms with Gasteiger partial charge in [0.15, 0.2) is 17.4 Å². The van der Waals surface area contributed by atoms with E-state index in [0.29, 0.717) is 24.6 Å². The highest BCUT2D eigenvalue weighted by Gasteiger charge is 2.21. The molecule has 4 rings (SSSR count). The van der Waals surface area contributed by atoms with Gasteiger partial charge in [0.25, 0.3) is 11.5 Å². The Morgan fingerprint density at radius 3 is 2.37 bits per heavy atom. The SMILES string of the molecule is CCNc1cc(Oc2cc(F)c(NC(=O)c3c(NCC)ccn(-c4ccc(F)cc4)c3=O)cc2F)ccn1. The molecule has 196 valence electrons. The summed E-state index contributed by atoms with van der Waals surface area (Å²) in [5.41, 5.74) is -1.03. The number of carbonyl (C=O) groups is 1. The summed E-state index contributed by atoms with van der Waals surface area (Å²) >= 11 is 0. The van der Waals surface area contributed by atoms with Crippen LogP contribution < -0.4 is 26.2 Å². The summed E-state index contributed by atoms with van der Waals surface area (Å²) in [7, 11) is 0. The van der Waals surface area contributed by atoms with Crippen LogP contribution in [0.15, 0.2) is 71.8 Å². The second kappa shape index (κ2) is 11.5. The molecule has 38 heavy (non-hydrogen) atoms. The van der Waals surface area contributed by atoms with Crippen LogP contribution in [0.5, 0.6) is 11.5 Å². The number of carbonyl (C=O) groups excluding carboxylic acids is 1. The van der Waals surface area contributed by atoms with Crippen molar-refractivity contribution in [3.63, 3.8) is 0 Å². The van der Waals surface area contributed by atoms with E-state index in [0.717, 1.165) is 16.7 Å². The Hall–Kier alpha value is -4.80. The topological polar surface area (TPSA) is 97.3 Å². The summed E-state index contributed by atoms with van der Waals surface area (Å²) in [6.07, 6.45) is 2.88. The lowest BCUT2D eigenvalue weighted by Crippen LogP contribution is -2.30. The molecule has 0 radical (unpaired) electrons. The van der Waals surface area contributed by atoms with E-state index in [2.05, 4.69) is 20.9 Å². The van der Waals surface area contributed by atoms with Crippen LogP contribution in [-0.2, 0) is 0 Å². The van der Waals surface area contributed by atoms with Crippen molar-refractivity contribution in [3.05, 3.63) is 100 Å². The molecule has 0 unspecified atom stereocenters. The predicted octanol–water partition coefficient (Wildman–Crippen LogP) is 5.56. The van der Waals surface area contributed by atoms with E-state index in [1.165, 1.54) is 54.9 Å². The van der Waals surface area contributed by atoms with Crippen molar-refractivity contribution in [2.45, 2.75) is 13.8 Å². The van der Waals surface area contributed by atoms with E-state index < -0.39 is 40.4 Å². The minimum absolute atomic E-state index is 0.198. The van der Waals surface area contributed by atoms with E-state index in [4.69, 9.17) is 4.74 Å². The van der Waals surface area contributed by atoms with E-state index >= 15 is 0 Å². The number of nitrogens with one attached hydrogen (secondary N) is 3. The van der Waals surface area contributed by atoms with Gasteiger partial charge in [0.2, 0.25) is 0 Å². The van der Waals surface area contributed by atoms with Gasteiger partial charge in [-0.3, -0.25) is 14.2 Å². The monoisotopic (exact) mass is 523 g/mol. The number of hydrogen-bond donors (Lipinski definition) is 3. The fourth-order valence-corrected chi connectivity index (χ4v) is 3.66. The lowest BCUT2D eigenvalue weighted by atomic mass is 10.1. The Bertz CT molecular complexity index is 1520. The van der Waals surface area contributed by atoms with Gasteiger partial charge in [-0.15, -0.1) is 0 Å². The molecule has 2 aromatic heterocycles. The maximum Gasteiger partial charge on any atom is 0.270 e. The fourth-order valence-electron chi connectivity index (χ4n) is 3.66. The normalized spacial score (nSPS) is 10.7. The first-order valence-electron chi connectivity index (χ1n) is 11.7. The number of benzene rings is 2. The van der Waals surface area contributed by atoms with Crippen LogP contribution in [0, 0.1) is 17.5 Å². The molecule has 2 aromatic carbocycles. The third-order valence-corrected chi connectivity index (χ3v) is 5.38. The summed E-state index contributed by atoms with van der Waals surface area (Å²) < 4.78 is 49.7. The molecular formula is C27H24F3N5O3. The molecule has 11 heteroatoms. The van der Waals surface area contributed by atoms with E-state index in [-0.39, 0.29) is 17.0 Å². The van der Waals surface area contributed by atoms with Crippen molar-refractivity contribution in [2.75, 3.05) is 29.0 Å². The molecule has 0 spiro atoms. The number of rotatable bonds is 9. The molecule has 0 saturated heterocycles. The molecule has 0 fully saturated rings. The van der Waals surface area contributed by atoms with Gasteiger partial charge in [0.1, 0.15) is 22.9 Å². The Balaban J connectivity index is 1.63. The molecule has 0 atom stereocenters. The molecule has 0 aliphatic rings. The number of aromatic nitrogens is 2. The zero-order chi connectivity index (χ0) is 27.2. The molecule has 2 heterocycles. The third-order valence-electron chi connectivity index (χ3n) is 5.38. The van der Waals surface area contributed by atoms with Gasteiger partial charge < -0.3 is 20.7 Å². The first-order chi connectivity index (χ1) is 18.3. The van der Waals surface area contributed by atoms with Gasteiger partial charge >= 0.3 is 0 Å².